The van der Waals surface area contributed by atoms with Crippen molar-refractivity contribution in [3.05, 3.63) is 16.1 Å². The number of carbonyl (C=O) groups is 1. The lowest BCUT2D eigenvalue weighted by Gasteiger charge is -2.57. The standard InChI is InChI=1S/C16H25N3O2S/c1-4-21-12-7-16(17,15(12,2)3)14(20)18-8-13-19-11(9-22-13)10-5-6-10/h9-10,12H,4-8,17H2,1-3H3,(H,18,20). The summed E-state index contributed by atoms with van der Waals surface area (Å²) >= 11 is 1.61. The van der Waals surface area contributed by atoms with Gasteiger partial charge < -0.3 is 15.8 Å². The SMILES string of the molecule is CCOC1CC(N)(C(=O)NCc2nc(C3CC3)cs2)C1(C)C. The second kappa shape index (κ2) is 5.58. The molecule has 1 aromatic heterocycles. The fourth-order valence-electron chi connectivity index (χ4n) is 3.11. The maximum Gasteiger partial charge on any atom is 0.241 e. The van der Waals surface area contributed by atoms with Crippen LogP contribution in [0, 0.1) is 5.41 Å². The average molecular weight is 323 g/mol. The van der Waals surface area contributed by atoms with E-state index in [0.717, 1.165) is 5.01 Å². The van der Waals surface area contributed by atoms with Crippen molar-refractivity contribution in [3.8, 4) is 0 Å². The molecule has 0 bridgehead atoms. The van der Waals surface area contributed by atoms with Crippen LogP contribution in [0.3, 0.4) is 0 Å². The van der Waals surface area contributed by atoms with Gasteiger partial charge >= 0.3 is 0 Å². The number of ether oxygens (including phenoxy) is 1. The molecule has 1 amide bonds. The monoisotopic (exact) mass is 323 g/mol. The number of nitrogens with two attached hydrogens (primary N) is 1. The summed E-state index contributed by atoms with van der Waals surface area (Å²) in [5.74, 6) is 0.552. The molecule has 0 aromatic carbocycles. The van der Waals surface area contributed by atoms with Crippen LogP contribution in [0.1, 0.15) is 56.7 Å². The van der Waals surface area contributed by atoms with Gasteiger partial charge in [-0.2, -0.15) is 0 Å². The highest BCUT2D eigenvalue weighted by Crippen LogP contribution is 2.49. The smallest absolute Gasteiger partial charge is 0.241 e. The van der Waals surface area contributed by atoms with Gasteiger partial charge in [0.25, 0.3) is 0 Å². The maximum absolute atomic E-state index is 12.5. The van der Waals surface area contributed by atoms with Gasteiger partial charge in [0.05, 0.1) is 18.3 Å². The lowest BCUT2D eigenvalue weighted by atomic mass is 9.54. The van der Waals surface area contributed by atoms with Crippen molar-refractivity contribution in [2.75, 3.05) is 6.61 Å². The summed E-state index contributed by atoms with van der Waals surface area (Å²) in [6, 6.07) is 0. The summed E-state index contributed by atoms with van der Waals surface area (Å²) in [6.07, 6.45) is 3.11. The Balaban J connectivity index is 1.57. The molecule has 1 heterocycles. The van der Waals surface area contributed by atoms with Gasteiger partial charge in [-0.25, -0.2) is 4.98 Å². The van der Waals surface area contributed by atoms with Crippen molar-refractivity contribution in [1.82, 2.24) is 10.3 Å². The van der Waals surface area contributed by atoms with Gasteiger partial charge in [0.2, 0.25) is 5.91 Å². The van der Waals surface area contributed by atoms with Crippen LogP contribution in [0.2, 0.25) is 0 Å². The lowest BCUT2D eigenvalue weighted by molar-refractivity contribution is -0.170. The molecule has 6 heteroatoms. The van der Waals surface area contributed by atoms with Crippen molar-refractivity contribution in [1.29, 1.82) is 0 Å². The van der Waals surface area contributed by atoms with Crippen LogP contribution in [0.5, 0.6) is 0 Å². The van der Waals surface area contributed by atoms with Crippen LogP contribution >= 0.6 is 11.3 Å². The summed E-state index contributed by atoms with van der Waals surface area (Å²) in [7, 11) is 0. The molecule has 2 atom stereocenters. The van der Waals surface area contributed by atoms with E-state index in [0.29, 0.717) is 25.5 Å². The highest BCUT2D eigenvalue weighted by Gasteiger charge is 2.62. The second-order valence-electron chi connectivity index (χ2n) is 6.96. The van der Waals surface area contributed by atoms with Crippen LogP contribution in [-0.4, -0.2) is 29.1 Å². The topological polar surface area (TPSA) is 77.2 Å². The van der Waals surface area contributed by atoms with Crippen LogP contribution in [0.15, 0.2) is 5.38 Å². The molecule has 2 aliphatic carbocycles. The van der Waals surface area contributed by atoms with E-state index in [1.807, 2.05) is 20.8 Å². The fraction of sp³-hybridized carbons (Fsp3) is 0.750. The molecule has 0 radical (unpaired) electrons. The number of aromatic nitrogens is 1. The maximum atomic E-state index is 12.5. The van der Waals surface area contributed by atoms with Crippen molar-refractivity contribution >= 4 is 17.2 Å². The lowest BCUT2D eigenvalue weighted by Crippen LogP contribution is -2.75. The van der Waals surface area contributed by atoms with Gasteiger partial charge in [-0.05, 0) is 19.8 Å². The molecule has 1 aromatic rings. The Morgan fingerprint density at radius 3 is 2.86 bits per heavy atom. The van der Waals surface area contributed by atoms with E-state index in [2.05, 4.69) is 15.7 Å². The number of carbonyl (C=O) groups excluding carboxylic acids is 1. The molecule has 2 unspecified atom stereocenters. The Bertz CT molecular complexity index is 567. The first kappa shape index (κ1) is 15.9. The fourth-order valence-corrected chi connectivity index (χ4v) is 3.92. The molecule has 0 spiro atoms. The Morgan fingerprint density at radius 1 is 1.55 bits per heavy atom. The third-order valence-corrected chi connectivity index (χ3v) is 6.07. The zero-order valence-electron chi connectivity index (χ0n) is 13.5. The molecule has 2 fully saturated rings. The average Bonchev–Trinajstić information content (AvgIpc) is 3.23. The number of rotatable bonds is 6. The first-order valence-electron chi connectivity index (χ1n) is 8.01. The molecule has 2 aliphatic rings. The predicted octanol–water partition coefficient (Wildman–Crippen LogP) is 2.17. The molecule has 3 rings (SSSR count). The number of thiazole rings is 1. The predicted molar refractivity (Wildman–Crippen MR) is 86.7 cm³/mol. The molecule has 22 heavy (non-hydrogen) atoms. The van der Waals surface area contributed by atoms with Crippen LogP contribution in [0.4, 0.5) is 0 Å². The quantitative estimate of drug-likeness (QED) is 0.841. The highest BCUT2D eigenvalue weighted by molar-refractivity contribution is 7.09. The largest absolute Gasteiger partial charge is 0.378 e. The number of nitrogens with zero attached hydrogens (tertiary/aromatic N) is 1. The van der Waals surface area contributed by atoms with Crippen molar-refractivity contribution < 1.29 is 9.53 Å². The van der Waals surface area contributed by atoms with Gasteiger partial charge in [-0.3, -0.25) is 4.79 Å². The van der Waals surface area contributed by atoms with E-state index in [4.69, 9.17) is 10.5 Å². The van der Waals surface area contributed by atoms with Gasteiger partial charge in [0, 0.05) is 29.7 Å². The second-order valence-corrected chi connectivity index (χ2v) is 7.91. The first-order chi connectivity index (χ1) is 10.4. The van der Waals surface area contributed by atoms with E-state index in [9.17, 15) is 4.79 Å². The van der Waals surface area contributed by atoms with Crippen LogP contribution in [0.25, 0.3) is 0 Å². The third kappa shape index (κ3) is 2.57. The zero-order valence-corrected chi connectivity index (χ0v) is 14.3. The van der Waals surface area contributed by atoms with E-state index >= 15 is 0 Å². The van der Waals surface area contributed by atoms with Crippen LogP contribution < -0.4 is 11.1 Å². The summed E-state index contributed by atoms with van der Waals surface area (Å²) < 4.78 is 5.67. The first-order valence-corrected chi connectivity index (χ1v) is 8.89. The van der Waals surface area contributed by atoms with E-state index in [1.165, 1.54) is 18.5 Å². The highest BCUT2D eigenvalue weighted by atomic mass is 32.1. The third-order valence-electron chi connectivity index (χ3n) is 5.20. The minimum absolute atomic E-state index is 0.0505. The Morgan fingerprint density at radius 2 is 2.27 bits per heavy atom. The van der Waals surface area contributed by atoms with Crippen molar-refractivity contribution in [2.45, 2.75) is 64.1 Å². The molecule has 0 saturated heterocycles. The molecule has 2 saturated carbocycles. The Labute approximate surface area is 135 Å². The Kier molecular flexibility index (Phi) is 4.03. The number of nitrogens with one attached hydrogen (secondary N) is 1. The minimum Gasteiger partial charge on any atom is -0.378 e. The van der Waals surface area contributed by atoms with Gasteiger partial charge in [-0.15, -0.1) is 11.3 Å². The summed E-state index contributed by atoms with van der Waals surface area (Å²) in [5.41, 5.74) is 6.33. The summed E-state index contributed by atoms with van der Waals surface area (Å²) in [4.78, 5) is 17.1. The molecule has 3 N–H and O–H groups in total. The van der Waals surface area contributed by atoms with Gasteiger partial charge in [0.15, 0.2) is 0 Å². The van der Waals surface area contributed by atoms with Gasteiger partial charge in [0.1, 0.15) is 10.5 Å². The Hall–Kier alpha value is -0.980. The normalized spacial score (nSPS) is 29.9. The number of hydrogen-bond acceptors (Lipinski definition) is 5. The molecule has 0 aliphatic heterocycles. The molecular weight excluding hydrogens is 298 g/mol. The van der Waals surface area contributed by atoms with Crippen molar-refractivity contribution in [2.24, 2.45) is 11.1 Å². The van der Waals surface area contributed by atoms with E-state index in [1.54, 1.807) is 11.3 Å². The number of amides is 1. The molecule has 122 valence electrons. The van der Waals surface area contributed by atoms with E-state index in [-0.39, 0.29) is 17.4 Å². The van der Waals surface area contributed by atoms with Gasteiger partial charge in [-0.1, -0.05) is 13.8 Å². The summed E-state index contributed by atoms with van der Waals surface area (Å²) in [6.45, 7) is 7.09. The van der Waals surface area contributed by atoms with Crippen LogP contribution in [-0.2, 0) is 16.1 Å². The molecule has 5 nitrogen and oxygen atoms in total. The molecular formula is C16H25N3O2S. The van der Waals surface area contributed by atoms with Crippen molar-refractivity contribution in [3.63, 3.8) is 0 Å². The number of hydrogen-bond donors (Lipinski definition) is 2. The minimum atomic E-state index is -0.858. The summed E-state index contributed by atoms with van der Waals surface area (Å²) in [5, 5.41) is 6.02. The van der Waals surface area contributed by atoms with E-state index < -0.39 is 5.54 Å². The zero-order chi connectivity index (χ0) is 16.0.